The predicted molar refractivity (Wildman–Crippen MR) is 150 cm³/mol. The molecule has 3 rings (SSSR count). The summed E-state index contributed by atoms with van der Waals surface area (Å²) in [7, 11) is 0. The molecule has 0 fully saturated rings. The van der Waals surface area contributed by atoms with Crippen molar-refractivity contribution in [1.82, 2.24) is 25.9 Å². The van der Waals surface area contributed by atoms with E-state index in [0.717, 1.165) is 5.56 Å². The van der Waals surface area contributed by atoms with E-state index in [-0.39, 0.29) is 25.0 Å². The first-order valence-electron chi connectivity index (χ1n) is 13.2. The summed E-state index contributed by atoms with van der Waals surface area (Å²) in [6, 6.07) is 11.0. The van der Waals surface area contributed by atoms with Crippen molar-refractivity contribution >= 4 is 23.7 Å². The fourth-order valence-electron chi connectivity index (χ4n) is 4.18. The number of amides is 3. The average Bonchev–Trinajstić information content (AvgIpc) is 3.45. The van der Waals surface area contributed by atoms with Crippen LogP contribution in [0.2, 0.25) is 0 Å². The number of carbonyl (C=O) groups excluding carboxylic acids is 3. The van der Waals surface area contributed by atoms with Crippen LogP contribution in [0.4, 0.5) is 0 Å². The Morgan fingerprint density at radius 1 is 0.829 bits per heavy atom. The Balaban J connectivity index is 1.75. The van der Waals surface area contributed by atoms with E-state index in [1.165, 1.54) is 24.7 Å². The molecule has 8 N–H and O–H groups in total. The van der Waals surface area contributed by atoms with Gasteiger partial charge < -0.3 is 36.9 Å². The van der Waals surface area contributed by atoms with E-state index in [4.69, 9.17) is 5.73 Å². The number of imidazole rings is 1. The Hall–Kier alpha value is -4.71. The van der Waals surface area contributed by atoms with E-state index < -0.39 is 53.8 Å². The van der Waals surface area contributed by atoms with Gasteiger partial charge in [0.1, 0.15) is 23.9 Å². The van der Waals surface area contributed by atoms with Gasteiger partial charge >= 0.3 is 5.97 Å². The highest BCUT2D eigenvalue weighted by Crippen LogP contribution is 2.13. The first-order chi connectivity index (χ1) is 19.5. The largest absolute Gasteiger partial charge is 0.508 e. The highest BCUT2D eigenvalue weighted by molar-refractivity contribution is 5.94. The Bertz CT molecular complexity index is 1300. The first-order valence-corrected chi connectivity index (χ1v) is 13.2. The van der Waals surface area contributed by atoms with Crippen LogP contribution in [0.3, 0.4) is 0 Å². The van der Waals surface area contributed by atoms with Gasteiger partial charge in [0.05, 0.1) is 12.4 Å². The molecule has 0 aliphatic rings. The third kappa shape index (κ3) is 9.46. The van der Waals surface area contributed by atoms with Crippen molar-refractivity contribution in [2.24, 2.45) is 11.7 Å². The molecule has 0 aliphatic heterocycles. The van der Waals surface area contributed by atoms with Gasteiger partial charge in [-0.2, -0.15) is 0 Å². The molecule has 12 heteroatoms. The summed E-state index contributed by atoms with van der Waals surface area (Å²) in [5, 5.41) is 27.1. The van der Waals surface area contributed by atoms with E-state index in [9.17, 15) is 29.4 Å². The number of aromatic amines is 1. The van der Waals surface area contributed by atoms with Crippen molar-refractivity contribution in [1.29, 1.82) is 0 Å². The van der Waals surface area contributed by atoms with Crippen LogP contribution in [-0.4, -0.2) is 68.0 Å². The normalized spacial score (nSPS) is 14.0. The lowest BCUT2D eigenvalue weighted by molar-refractivity contribution is -0.142. The van der Waals surface area contributed by atoms with E-state index in [2.05, 4.69) is 25.9 Å². The third-order valence-corrected chi connectivity index (χ3v) is 6.48. The van der Waals surface area contributed by atoms with Crippen LogP contribution < -0.4 is 21.7 Å². The summed E-state index contributed by atoms with van der Waals surface area (Å²) >= 11 is 0. The number of carbonyl (C=O) groups is 4. The Morgan fingerprint density at radius 2 is 1.46 bits per heavy atom. The quantitative estimate of drug-likeness (QED) is 0.148. The highest BCUT2D eigenvalue weighted by atomic mass is 16.4. The summed E-state index contributed by atoms with van der Waals surface area (Å²) < 4.78 is 0. The molecular weight excluding hydrogens is 528 g/mol. The molecular formula is C29H36N6O6. The van der Waals surface area contributed by atoms with Gasteiger partial charge in [0.25, 0.3) is 0 Å². The molecule has 12 nitrogen and oxygen atoms in total. The fourth-order valence-corrected chi connectivity index (χ4v) is 4.18. The molecule has 41 heavy (non-hydrogen) atoms. The van der Waals surface area contributed by atoms with Gasteiger partial charge in [0.15, 0.2) is 0 Å². The van der Waals surface area contributed by atoms with E-state index >= 15 is 0 Å². The molecule has 0 aliphatic carbocycles. The smallest absolute Gasteiger partial charge is 0.326 e. The van der Waals surface area contributed by atoms with Crippen molar-refractivity contribution in [3.05, 3.63) is 83.9 Å². The van der Waals surface area contributed by atoms with E-state index in [1.807, 2.05) is 30.3 Å². The van der Waals surface area contributed by atoms with Gasteiger partial charge in [-0.15, -0.1) is 0 Å². The minimum atomic E-state index is -1.26. The molecule has 0 saturated carbocycles. The lowest BCUT2D eigenvalue weighted by Crippen LogP contribution is -2.59. The van der Waals surface area contributed by atoms with E-state index in [1.54, 1.807) is 26.0 Å². The molecule has 0 radical (unpaired) electrons. The number of rotatable bonds is 14. The van der Waals surface area contributed by atoms with Gasteiger partial charge in [-0.3, -0.25) is 14.4 Å². The van der Waals surface area contributed by atoms with Gasteiger partial charge in [0.2, 0.25) is 17.7 Å². The van der Waals surface area contributed by atoms with Crippen molar-refractivity contribution in [3.63, 3.8) is 0 Å². The summed E-state index contributed by atoms with van der Waals surface area (Å²) in [6.07, 6.45) is 3.15. The molecule has 0 saturated heterocycles. The number of hydrogen-bond acceptors (Lipinski definition) is 7. The van der Waals surface area contributed by atoms with Crippen molar-refractivity contribution in [2.75, 3.05) is 0 Å². The molecule has 0 bridgehead atoms. The third-order valence-electron chi connectivity index (χ3n) is 6.48. The van der Waals surface area contributed by atoms with Crippen molar-refractivity contribution in [2.45, 2.75) is 57.3 Å². The van der Waals surface area contributed by atoms with Crippen molar-refractivity contribution < 1.29 is 29.4 Å². The number of carboxylic acid groups (broad SMARTS) is 1. The number of nitrogens with two attached hydrogens (primary N) is 1. The van der Waals surface area contributed by atoms with Crippen LogP contribution in [-0.2, 0) is 38.4 Å². The average molecular weight is 565 g/mol. The summed E-state index contributed by atoms with van der Waals surface area (Å²) in [4.78, 5) is 58.2. The number of carboxylic acids is 1. The lowest BCUT2D eigenvalue weighted by atomic mass is 9.99. The fraction of sp³-hybridized carbons (Fsp3) is 0.345. The van der Waals surface area contributed by atoms with Gasteiger partial charge in [-0.25, -0.2) is 9.78 Å². The van der Waals surface area contributed by atoms with Crippen LogP contribution in [0.25, 0.3) is 0 Å². The molecule has 218 valence electrons. The molecule has 1 heterocycles. The zero-order chi connectivity index (χ0) is 29.9. The zero-order valence-corrected chi connectivity index (χ0v) is 22.9. The minimum Gasteiger partial charge on any atom is -0.508 e. The molecule has 4 atom stereocenters. The molecule has 1 aromatic heterocycles. The monoisotopic (exact) mass is 564 g/mol. The molecule has 3 aromatic rings. The maximum Gasteiger partial charge on any atom is 0.326 e. The van der Waals surface area contributed by atoms with Crippen LogP contribution in [0.5, 0.6) is 5.75 Å². The summed E-state index contributed by atoms with van der Waals surface area (Å²) in [6.45, 7) is 3.41. The number of aromatic hydroxyl groups is 1. The van der Waals surface area contributed by atoms with Gasteiger partial charge in [0, 0.05) is 24.7 Å². The molecule has 2 aromatic carbocycles. The number of phenolic OH excluding ortho intramolecular Hbond substituents is 1. The van der Waals surface area contributed by atoms with Crippen LogP contribution in [0.15, 0.2) is 67.1 Å². The number of H-pyrrole nitrogens is 1. The molecule has 3 amide bonds. The standard InChI is InChI=1S/C29H36N6O6/c1-17(2)25(28(39)34-24(29(40)41)14-20-15-31-16-32-20)35-27(38)23(13-19-8-10-21(36)11-9-19)33-26(37)22(30)12-18-6-4-3-5-7-18/h3-11,15-17,22-25,36H,12-14,30H2,1-2H3,(H,31,32)(H,33,37)(H,34,39)(H,35,38)(H,40,41). The second-order valence-corrected chi connectivity index (χ2v) is 10.1. The number of aromatic nitrogens is 2. The topological polar surface area (TPSA) is 200 Å². The van der Waals surface area contributed by atoms with Gasteiger partial charge in [-0.05, 0) is 35.6 Å². The number of hydrogen-bond donors (Lipinski definition) is 7. The van der Waals surface area contributed by atoms with Crippen molar-refractivity contribution in [3.8, 4) is 5.75 Å². The number of aliphatic carboxylic acids is 1. The number of benzene rings is 2. The first kappa shape index (κ1) is 30.8. The Morgan fingerprint density at radius 3 is 2.05 bits per heavy atom. The minimum absolute atomic E-state index is 0.0291. The predicted octanol–water partition coefficient (Wildman–Crippen LogP) is 0.666. The van der Waals surface area contributed by atoms with Crippen LogP contribution in [0, 0.1) is 5.92 Å². The highest BCUT2D eigenvalue weighted by Gasteiger charge is 2.32. The second-order valence-electron chi connectivity index (χ2n) is 10.1. The van der Waals surface area contributed by atoms with Crippen LogP contribution >= 0.6 is 0 Å². The molecule has 4 unspecified atom stereocenters. The number of nitrogens with one attached hydrogen (secondary N) is 4. The lowest BCUT2D eigenvalue weighted by Gasteiger charge is -2.27. The Labute approximate surface area is 237 Å². The van der Waals surface area contributed by atoms with Crippen LogP contribution in [0.1, 0.15) is 30.7 Å². The molecule has 0 spiro atoms. The van der Waals surface area contributed by atoms with Gasteiger partial charge in [-0.1, -0.05) is 56.3 Å². The summed E-state index contributed by atoms with van der Waals surface area (Å²) in [5.41, 5.74) is 8.17. The van der Waals surface area contributed by atoms with E-state index in [0.29, 0.717) is 11.3 Å². The SMILES string of the molecule is CC(C)C(NC(=O)C(Cc1ccc(O)cc1)NC(=O)C(N)Cc1ccccc1)C(=O)NC(Cc1cnc[nH]1)C(=O)O. The maximum absolute atomic E-state index is 13.5. The zero-order valence-electron chi connectivity index (χ0n) is 22.9. The number of phenols is 1. The summed E-state index contributed by atoms with van der Waals surface area (Å²) in [5.74, 6) is -3.49. The number of nitrogens with zero attached hydrogens (tertiary/aromatic N) is 1. The maximum atomic E-state index is 13.5. The second kappa shape index (κ2) is 14.6. The Kier molecular flexibility index (Phi) is 11.0.